The Morgan fingerprint density at radius 1 is 1.03 bits per heavy atom. The van der Waals surface area contributed by atoms with Gasteiger partial charge < -0.3 is 18.9 Å². The number of fused-ring (bicyclic) bond motifs is 1. The van der Waals surface area contributed by atoms with Crippen molar-refractivity contribution < 1.29 is 13.9 Å². The fourth-order valence-electron chi connectivity index (χ4n) is 3.34. The van der Waals surface area contributed by atoms with E-state index >= 15 is 0 Å². The number of ether oxygens (including phenoxy) is 2. The molecule has 0 spiro atoms. The maximum Gasteiger partial charge on any atom is 0.277 e. The van der Waals surface area contributed by atoms with Gasteiger partial charge in [0.25, 0.3) is 10.8 Å². The van der Waals surface area contributed by atoms with Gasteiger partial charge in [-0.3, -0.25) is 4.79 Å². The molecule has 0 aliphatic carbocycles. The van der Waals surface area contributed by atoms with Gasteiger partial charge in [-0.2, -0.15) is 0 Å². The first kappa shape index (κ1) is 21.2. The average Bonchev–Trinajstić information content (AvgIpc) is 3.50. The molecule has 0 saturated carbocycles. The molecule has 0 radical (unpaired) electrons. The number of rotatable bonds is 7. The second kappa shape index (κ2) is 9.08. The Labute approximate surface area is 196 Å². The lowest BCUT2D eigenvalue weighted by Crippen LogP contribution is -2.10. The predicted molar refractivity (Wildman–Crippen MR) is 128 cm³/mol. The molecule has 10 heteroatoms. The number of thioether (sulfide) groups is 1. The van der Waals surface area contributed by atoms with E-state index in [-0.39, 0.29) is 5.56 Å². The summed E-state index contributed by atoms with van der Waals surface area (Å²) in [7, 11) is 3.16. The van der Waals surface area contributed by atoms with Crippen LogP contribution in [-0.4, -0.2) is 34.4 Å². The third-order valence-corrected chi connectivity index (χ3v) is 6.62. The molecule has 166 valence electrons. The minimum Gasteiger partial charge on any atom is -0.497 e. The van der Waals surface area contributed by atoms with Crippen molar-refractivity contribution in [3.05, 3.63) is 70.1 Å². The molecule has 5 aromatic rings. The lowest BCUT2D eigenvalue weighted by atomic mass is 10.1. The minimum absolute atomic E-state index is 0.162. The monoisotopic (exact) mass is 478 g/mol. The molecular formula is C23H18N4O4S2. The second-order valence-electron chi connectivity index (χ2n) is 6.97. The van der Waals surface area contributed by atoms with Crippen molar-refractivity contribution in [2.24, 2.45) is 0 Å². The number of hydrogen-bond donors (Lipinski definition) is 1. The van der Waals surface area contributed by atoms with E-state index in [0.29, 0.717) is 50.0 Å². The Bertz CT molecular complexity index is 1450. The van der Waals surface area contributed by atoms with Gasteiger partial charge in [0.05, 0.1) is 25.4 Å². The van der Waals surface area contributed by atoms with Crippen molar-refractivity contribution in [3.63, 3.8) is 0 Å². The van der Waals surface area contributed by atoms with Gasteiger partial charge in [-0.25, -0.2) is 4.98 Å². The Morgan fingerprint density at radius 3 is 2.52 bits per heavy atom. The molecule has 0 bridgehead atoms. The number of aromatic nitrogens is 4. The van der Waals surface area contributed by atoms with E-state index in [1.54, 1.807) is 32.4 Å². The summed E-state index contributed by atoms with van der Waals surface area (Å²) in [6.07, 6.45) is 0. The molecule has 0 aliphatic heterocycles. The summed E-state index contributed by atoms with van der Waals surface area (Å²) in [6.45, 7) is 0. The quantitative estimate of drug-likeness (QED) is 0.326. The third-order valence-electron chi connectivity index (χ3n) is 4.92. The zero-order valence-corrected chi connectivity index (χ0v) is 19.3. The van der Waals surface area contributed by atoms with Crippen LogP contribution in [0.25, 0.3) is 32.8 Å². The molecule has 3 heterocycles. The maximum absolute atomic E-state index is 12.8. The van der Waals surface area contributed by atoms with Crippen molar-refractivity contribution in [1.82, 2.24) is 20.2 Å². The van der Waals surface area contributed by atoms with E-state index in [9.17, 15) is 4.79 Å². The van der Waals surface area contributed by atoms with Gasteiger partial charge >= 0.3 is 0 Å². The van der Waals surface area contributed by atoms with Crippen LogP contribution in [0.5, 0.6) is 11.5 Å². The first-order valence-electron chi connectivity index (χ1n) is 9.90. The van der Waals surface area contributed by atoms with Crippen LogP contribution in [0.4, 0.5) is 0 Å². The number of thiophene rings is 1. The number of H-pyrrole nitrogens is 1. The number of nitrogens with zero attached hydrogens (tertiary/aromatic N) is 3. The van der Waals surface area contributed by atoms with Crippen molar-refractivity contribution in [1.29, 1.82) is 0 Å². The molecule has 33 heavy (non-hydrogen) atoms. The van der Waals surface area contributed by atoms with Crippen molar-refractivity contribution >= 4 is 33.3 Å². The van der Waals surface area contributed by atoms with Crippen molar-refractivity contribution in [2.45, 2.75) is 11.0 Å². The highest BCUT2D eigenvalue weighted by Gasteiger charge is 2.15. The molecule has 8 nitrogen and oxygen atoms in total. The van der Waals surface area contributed by atoms with Gasteiger partial charge in [-0.1, -0.05) is 42.1 Å². The number of aromatic amines is 1. The molecule has 0 saturated heterocycles. The lowest BCUT2D eigenvalue weighted by molar-refractivity contribution is 0.394. The highest BCUT2D eigenvalue weighted by atomic mass is 32.2. The van der Waals surface area contributed by atoms with Crippen LogP contribution in [0.3, 0.4) is 0 Å². The molecule has 0 aliphatic rings. The van der Waals surface area contributed by atoms with Crippen LogP contribution in [0, 0.1) is 0 Å². The van der Waals surface area contributed by atoms with Crippen LogP contribution in [0.2, 0.25) is 0 Å². The van der Waals surface area contributed by atoms with E-state index in [0.717, 1.165) is 11.1 Å². The van der Waals surface area contributed by atoms with Crippen LogP contribution in [0.1, 0.15) is 5.82 Å². The zero-order valence-electron chi connectivity index (χ0n) is 17.7. The highest BCUT2D eigenvalue weighted by Crippen LogP contribution is 2.32. The van der Waals surface area contributed by atoms with Crippen molar-refractivity contribution in [2.75, 3.05) is 14.2 Å². The zero-order chi connectivity index (χ0) is 22.8. The topological polar surface area (TPSA) is 103 Å². The molecule has 0 fully saturated rings. The Morgan fingerprint density at radius 2 is 1.79 bits per heavy atom. The summed E-state index contributed by atoms with van der Waals surface area (Å²) in [5.41, 5.74) is 2.40. The van der Waals surface area contributed by atoms with Gasteiger partial charge in [0.15, 0.2) is 0 Å². The first-order chi connectivity index (χ1) is 16.1. The number of hydrogen-bond acceptors (Lipinski definition) is 9. The van der Waals surface area contributed by atoms with E-state index < -0.39 is 0 Å². The van der Waals surface area contributed by atoms with Crippen LogP contribution in [-0.2, 0) is 5.75 Å². The fourth-order valence-corrected chi connectivity index (χ4v) is 4.94. The smallest absolute Gasteiger partial charge is 0.277 e. The van der Waals surface area contributed by atoms with Crippen LogP contribution >= 0.6 is 23.1 Å². The van der Waals surface area contributed by atoms with Crippen LogP contribution < -0.4 is 15.0 Å². The summed E-state index contributed by atoms with van der Waals surface area (Å²) < 4.78 is 16.4. The molecule has 0 atom stereocenters. The molecule has 1 N–H and O–H groups in total. The molecule has 5 rings (SSSR count). The van der Waals surface area contributed by atoms with E-state index in [1.807, 2.05) is 35.7 Å². The van der Waals surface area contributed by atoms with Gasteiger partial charge in [0, 0.05) is 22.6 Å². The summed E-state index contributed by atoms with van der Waals surface area (Å²) in [4.78, 5) is 21.0. The Hall–Kier alpha value is -3.63. The van der Waals surface area contributed by atoms with E-state index in [4.69, 9.17) is 13.9 Å². The maximum atomic E-state index is 12.8. The molecule has 0 amide bonds. The molecule has 0 unspecified atom stereocenters. The van der Waals surface area contributed by atoms with Gasteiger partial charge in [-0.05, 0) is 17.7 Å². The molecule has 2 aromatic carbocycles. The summed E-state index contributed by atoms with van der Waals surface area (Å²) in [6, 6.07) is 15.2. The standard InChI is InChI=1S/C23H18N4O4S2/c1-29-15-8-14(9-16(10-15)30-2)21-26-27-23(31-21)33-12-18-24-20(28)19-17(11-32-22(19)25-18)13-6-4-3-5-7-13/h3-11H,12H2,1-2H3,(H,24,25,28). The number of benzene rings is 2. The lowest BCUT2D eigenvalue weighted by Gasteiger charge is -2.05. The third kappa shape index (κ3) is 4.35. The average molecular weight is 479 g/mol. The largest absolute Gasteiger partial charge is 0.497 e. The van der Waals surface area contributed by atoms with Gasteiger partial charge in [0.1, 0.15) is 22.2 Å². The number of nitrogens with one attached hydrogen (secondary N) is 1. The molecule has 3 aromatic heterocycles. The van der Waals surface area contributed by atoms with E-state index in [2.05, 4.69) is 20.2 Å². The minimum atomic E-state index is -0.162. The highest BCUT2D eigenvalue weighted by molar-refractivity contribution is 7.98. The fraction of sp³-hybridized carbons (Fsp3) is 0.130. The van der Waals surface area contributed by atoms with Gasteiger partial charge in [-0.15, -0.1) is 21.5 Å². The summed E-state index contributed by atoms with van der Waals surface area (Å²) >= 11 is 2.75. The molecular weight excluding hydrogens is 460 g/mol. The first-order valence-corrected chi connectivity index (χ1v) is 11.8. The SMILES string of the molecule is COc1cc(OC)cc(-c2nnc(SCc3nc4scc(-c5ccccc5)c4c(=O)[nH]3)o2)c1. The Balaban J connectivity index is 1.36. The summed E-state index contributed by atoms with van der Waals surface area (Å²) in [5.74, 6) is 2.52. The Kier molecular flexibility index (Phi) is 5.84. The van der Waals surface area contributed by atoms with Crippen LogP contribution in [0.15, 0.2) is 68.3 Å². The van der Waals surface area contributed by atoms with Gasteiger partial charge in [0.2, 0.25) is 5.89 Å². The number of methoxy groups -OCH3 is 2. The second-order valence-corrected chi connectivity index (χ2v) is 8.76. The summed E-state index contributed by atoms with van der Waals surface area (Å²) in [5, 5.41) is 11.1. The van der Waals surface area contributed by atoms with Crippen molar-refractivity contribution in [3.8, 4) is 34.1 Å². The normalized spacial score (nSPS) is 11.1. The predicted octanol–water partition coefficient (Wildman–Crippen LogP) is 5.01. The van der Waals surface area contributed by atoms with E-state index in [1.165, 1.54) is 23.1 Å².